The van der Waals surface area contributed by atoms with Gasteiger partial charge in [-0.05, 0) is 83.5 Å². The lowest BCUT2D eigenvalue weighted by atomic mass is 10.0. The number of ether oxygens (including phenoxy) is 3. The molecule has 1 unspecified atom stereocenters. The second-order valence-electron chi connectivity index (χ2n) is 24.1. The van der Waals surface area contributed by atoms with Gasteiger partial charge in [-0.15, -0.1) is 0 Å². The molecule has 0 bridgehead atoms. The fraction of sp³-hybridized carbons (Fsp3) is 0.827. The van der Waals surface area contributed by atoms with Crippen LogP contribution in [0.4, 0.5) is 0 Å². The van der Waals surface area contributed by atoms with Crippen LogP contribution < -0.4 is 0 Å². The summed E-state index contributed by atoms with van der Waals surface area (Å²) in [5, 5.41) is 0. The Hall–Kier alpha value is -2.89. The van der Waals surface area contributed by atoms with Crippen LogP contribution in [0.25, 0.3) is 0 Å². The molecule has 0 fully saturated rings. The van der Waals surface area contributed by atoms with Crippen LogP contribution in [0, 0.1) is 0 Å². The summed E-state index contributed by atoms with van der Waals surface area (Å²) in [5.74, 6) is -0.861. The Balaban J connectivity index is 3.93. The summed E-state index contributed by atoms with van der Waals surface area (Å²) in [5.41, 5.74) is 0. The molecule has 0 saturated carbocycles. The van der Waals surface area contributed by atoms with Crippen molar-refractivity contribution in [3.05, 3.63) is 60.8 Å². The summed E-state index contributed by atoms with van der Waals surface area (Å²) in [6.45, 7) is 6.50. The molecule has 0 aliphatic carbocycles. The molecule has 0 aromatic rings. The standard InChI is InChI=1S/C75H136O6/c1-4-7-10-13-15-17-19-21-23-25-27-29-31-33-35-37-39-41-43-45-47-49-51-53-55-57-59-62-65-68-74(77)80-71-72(70-79-73(76)67-64-61-12-9-6-3)81-75(78)69-66-63-60-58-56-54-52-50-48-46-44-42-40-38-36-34-32-30-28-26-24-22-20-18-16-14-11-8-5-2/h7,10,15,17,21,23,26-29,72H,4-6,8-9,11-14,16,18-20,22,24-25,30-71H2,1-3H3/b10-7-,17-15-,23-21-,28-26-,29-27-. The van der Waals surface area contributed by atoms with Crippen LogP contribution in [0.2, 0.25) is 0 Å². The fourth-order valence-corrected chi connectivity index (χ4v) is 10.7. The summed E-state index contributed by atoms with van der Waals surface area (Å²) in [7, 11) is 0. The Labute approximate surface area is 504 Å². The molecule has 6 nitrogen and oxygen atoms in total. The van der Waals surface area contributed by atoms with Gasteiger partial charge in [-0.1, -0.05) is 338 Å². The van der Waals surface area contributed by atoms with Gasteiger partial charge in [0.05, 0.1) is 0 Å². The topological polar surface area (TPSA) is 78.9 Å². The van der Waals surface area contributed by atoms with Crippen molar-refractivity contribution in [1.82, 2.24) is 0 Å². The Morgan fingerprint density at radius 2 is 0.481 bits per heavy atom. The zero-order valence-corrected chi connectivity index (χ0v) is 54.3. The van der Waals surface area contributed by atoms with E-state index in [-0.39, 0.29) is 31.1 Å². The van der Waals surface area contributed by atoms with Crippen molar-refractivity contribution in [3.63, 3.8) is 0 Å². The molecule has 81 heavy (non-hydrogen) atoms. The van der Waals surface area contributed by atoms with Gasteiger partial charge in [0.15, 0.2) is 6.10 Å². The van der Waals surface area contributed by atoms with Crippen molar-refractivity contribution >= 4 is 17.9 Å². The van der Waals surface area contributed by atoms with E-state index in [1.54, 1.807) is 0 Å². The van der Waals surface area contributed by atoms with E-state index in [2.05, 4.69) is 81.5 Å². The van der Waals surface area contributed by atoms with Crippen LogP contribution in [-0.4, -0.2) is 37.2 Å². The normalized spacial score (nSPS) is 12.4. The highest BCUT2D eigenvalue weighted by molar-refractivity contribution is 5.71. The molecule has 472 valence electrons. The number of hydrogen-bond donors (Lipinski definition) is 0. The molecule has 0 saturated heterocycles. The number of carbonyl (C=O) groups is 3. The van der Waals surface area contributed by atoms with Crippen molar-refractivity contribution in [1.29, 1.82) is 0 Å². The molecular formula is C75H136O6. The molecule has 0 rings (SSSR count). The second-order valence-corrected chi connectivity index (χ2v) is 24.1. The van der Waals surface area contributed by atoms with E-state index >= 15 is 0 Å². The minimum atomic E-state index is -0.769. The quantitative estimate of drug-likeness (QED) is 0.0261. The molecule has 0 radical (unpaired) electrons. The summed E-state index contributed by atoms with van der Waals surface area (Å²) in [4.78, 5) is 38.0. The molecule has 0 aliphatic heterocycles. The van der Waals surface area contributed by atoms with E-state index < -0.39 is 6.10 Å². The van der Waals surface area contributed by atoms with Crippen LogP contribution in [0.3, 0.4) is 0 Å². The predicted octanol–water partition coefficient (Wildman–Crippen LogP) is 24.7. The van der Waals surface area contributed by atoms with Crippen LogP contribution in [0.5, 0.6) is 0 Å². The first kappa shape index (κ1) is 78.1. The maximum absolute atomic E-state index is 12.9. The molecule has 0 N–H and O–H groups in total. The lowest BCUT2D eigenvalue weighted by molar-refractivity contribution is -0.167. The molecule has 0 aromatic heterocycles. The summed E-state index contributed by atoms with van der Waals surface area (Å²) in [6, 6.07) is 0. The third-order valence-electron chi connectivity index (χ3n) is 16.0. The lowest BCUT2D eigenvalue weighted by Crippen LogP contribution is -2.30. The number of hydrogen-bond acceptors (Lipinski definition) is 6. The van der Waals surface area contributed by atoms with Crippen molar-refractivity contribution in [2.75, 3.05) is 13.2 Å². The van der Waals surface area contributed by atoms with Crippen molar-refractivity contribution in [2.45, 2.75) is 386 Å². The SMILES string of the molecule is CC/C=C\C/C=C\C/C=C\C/C=C\CCCCCCCCCCCCCCCCCCC(=O)OCC(COC(=O)CCCCCCC)OC(=O)CCCCCCCCCCCCCCCCCCC/C=C\CCCCCCCCCC. The molecule has 0 aromatic carbocycles. The van der Waals surface area contributed by atoms with Crippen molar-refractivity contribution in [3.8, 4) is 0 Å². The number of carbonyl (C=O) groups excluding carboxylic acids is 3. The number of allylic oxidation sites excluding steroid dienone is 10. The van der Waals surface area contributed by atoms with E-state index in [0.717, 1.165) is 89.9 Å². The Morgan fingerprint density at radius 3 is 0.765 bits per heavy atom. The second kappa shape index (κ2) is 69.6. The highest BCUT2D eigenvalue weighted by atomic mass is 16.6. The van der Waals surface area contributed by atoms with E-state index in [1.165, 1.54) is 250 Å². The third-order valence-corrected chi connectivity index (χ3v) is 16.0. The molecule has 0 amide bonds. The lowest BCUT2D eigenvalue weighted by Gasteiger charge is -2.18. The monoisotopic (exact) mass is 1130 g/mol. The highest BCUT2D eigenvalue weighted by Crippen LogP contribution is 2.18. The number of unbranched alkanes of at least 4 members (excludes halogenated alkanes) is 45. The molecular weight excluding hydrogens is 997 g/mol. The minimum absolute atomic E-state index is 0.0694. The minimum Gasteiger partial charge on any atom is -0.462 e. The van der Waals surface area contributed by atoms with Crippen LogP contribution in [0.1, 0.15) is 380 Å². The molecule has 0 spiro atoms. The molecule has 6 heteroatoms. The maximum Gasteiger partial charge on any atom is 0.306 e. The van der Waals surface area contributed by atoms with E-state index in [9.17, 15) is 14.4 Å². The van der Waals surface area contributed by atoms with Gasteiger partial charge in [-0.2, -0.15) is 0 Å². The van der Waals surface area contributed by atoms with Crippen LogP contribution >= 0.6 is 0 Å². The first-order chi connectivity index (χ1) is 40.0. The number of esters is 3. The highest BCUT2D eigenvalue weighted by Gasteiger charge is 2.19. The van der Waals surface area contributed by atoms with Gasteiger partial charge in [0.2, 0.25) is 0 Å². The average Bonchev–Trinajstić information content (AvgIpc) is 3.47. The van der Waals surface area contributed by atoms with Gasteiger partial charge in [-0.3, -0.25) is 14.4 Å². The predicted molar refractivity (Wildman–Crippen MR) is 353 cm³/mol. The van der Waals surface area contributed by atoms with E-state index in [0.29, 0.717) is 19.3 Å². The Bertz CT molecular complexity index is 1440. The van der Waals surface area contributed by atoms with Gasteiger partial charge < -0.3 is 14.2 Å². The summed E-state index contributed by atoms with van der Waals surface area (Å²) >= 11 is 0. The van der Waals surface area contributed by atoms with Gasteiger partial charge in [0.1, 0.15) is 13.2 Å². The first-order valence-electron chi connectivity index (χ1n) is 35.8. The molecule has 1 atom stereocenters. The fourth-order valence-electron chi connectivity index (χ4n) is 10.7. The van der Waals surface area contributed by atoms with Gasteiger partial charge in [-0.25, -0.2) is 0 Å². The average molecular weight is 1130 g/mol. The Morgan fingerprint density at radius 1 is 0.259 bits per heavy atom. The van der Waals surface area contributed by atoms with Crippen molar-refractivity contribution < 1.29 is 28.6 Å². The molecule has 0 aliphatic rings. The maximum atomic E-state index is 12.9. The third kappa shape index (κ3) is 67.8. The van der Waals surface area contributed by atoms with Gasteiger partial charge >= 0.3 is 17.9 Å². The zero-order chi connectivity index (χ0) is 58.5. The van der Waals surface area contributed by atoms with Crippen molar-refractivity contribution in [2.24, 2.45) is 0 Å². The largest absolute Gasteiger partial charge is 0.462 e. The first-order valence-corrected chi connectivity index (χ1v) is 35.8. The zero-order valence-electron chi connectivity index (χ0n) is 54.3. The smallest absolute Gasteiger partial charge is 0.306 e. The van der Waals surface area contributed by atoms with E-state index in [1.807, 2.05) is 0 Å². The van der Waals surface area contributed by atoms with Crippen LogP contribution in [0.15, 0.2) is 60.8 Å². The summed E-state index contributed by atoms with van der Waals surface area (Å²) in [6.07, 6.45) is 90.3. The van der Waals surface area contributed by atoms with Gasteiger partial charge in [0.25, 0.3) is 0 Å². The van der Waals surface area contributed by atoms with Gasteiger partial charge in [0, 0.05) is 19.3 Å². The molecule has 0 heterocycles. The van der Waals surface area contributed by atoms with E-state index in [4.69, 9.17) is 14.2 Å². The summed E-state index contributed by atoms with van der Waals surface area (Å²) < 4.78 is 16.8. The Kier molecular flexibility index (Phi) is 67.1. The number of rotatable bonds is 66. The van der Waals surface area contributed by atoms with Crippen LogP contribution in [-0.2, 0) is 28.6 Å².